The van der Waals surface area contributed by atoms with Crippen molar-refractivity contribution in [2.24, 2.45) is 0 Å². The number of hydrogen-bond acceptors (Lipinski definition) is 3. The zero-order valence-corrected chi connectivity index (χ0v) is 11.0. The van der Waals surface area contributed by atoms with Crippen molar-refractivity contribution in [1.82, 2.24) is 9.97 Å². The summed E-state index contributed by atoms with van der Waals surface area (Å²) in [7, 11) is 0. The second-order valence-electron chi connectivity index (χ2n) is 4.34. The SMILES string of the molecule is Clc1cccc(Nc2cc(Cl)nc(C3CC3)n2)c1. The molecule has 1 aromatic heterocycles. The lowest BCUT2D eigenvalue weighted by molar-refractivity contribution is 0.931. The lowest BCUT2D eigenvalue weighted by Gasteiger charge is -2.07. The zero-order valence-electron chi connectivity index (χ0n) is 9.53. The van der Waals surface area contributed by atoms with Crippen LogP contribution in [0.2, 0.25) is 10.2 Å². The molecule has 2 aromatic rings. The molecule has 92 valence electrons. The van der Waals surface area contributed by atoms with Crippen LogP contribution in [0.1, 0.15) is 24.6 Å². The minimum atomic E-state index is 0.469. The Hall–Kier alpha value is -1.32. The molecule has 1 fully saturated rings. The highest BCUT2D eigenvalue weighted by atomic mass is 35.5. The fourth-order valence-corrected chi connectivity index (χ4v) is 2.12. The summed E-state index contributed by atoms with van der Waals surface area (Å²) in [6.45, 7) is 0. The van der Waals surface area contributed by atoms with E-state index < -0.39 is 0 Å². The van der Waals surface area contributed by atoms with E-state index in [2.05, 4.69) is 15.3 Å². The van der Waals surface area contributed by atoms with Crippen molar-refractivity contribution in [2.45, 2.75) is 18.8 Å². The summed E-state index contributed by atoms with van der Waals surface area (Å²) >= 11 is 11.9. The number of aromatic nitrogens is 2. The van der Waals surface area contributed by atoms with Gasteiger partial charge in [0, 0.05) is 22.7 Å². The highest BCUT2D eigenvalue weighted by Crippen LogP contribution is 2.39. The fourth-order valence-electron chi connectivity index (χ4n) is 1.74. The summed E-state index contributed by atoms with van der Waals surface area (Å²) < 4.78 is 0. The van der Waals surface area contributed by atoms with E-state index in [1.54, 1.807) is 6.07 Å². The summed E-state index contributed by atoms with van der Waals surface area (Å²) in [4.78, 5) is 8.71. The maximum atomic E-state index is 6.00. The van der Waals surface area contributed by atoms with Crippen molar-refractivity contribution in [3.63, 3.8) is 0 Å². The summed E-state index contributed by atoms with van der Waals surface area (Å²) in [6.07, 6.45) is 2.30. The van der Waals surface area contributed by atoms with E-state index in [4.69, 9.17) is 23.2 Å². The number of rotatable bonds is 3. The van der Waals surface area contributed by atoms with Crippen molar-refractivity contribution in [1.29, 1.82) is 0 Å². The summed E-state index contributed by atoms with van der Waals surface area (Å²) in [5, 5.41) is 4.34. The Morgan fingerprint density at radius 3 is 2.67 bits per heavy atom. The largest absolute Gasteiger partial charge is 0.340 e. The minimum Gasteiger partial charge on any atom is -0.340 e. The van der Waals surface area contributed by atoms with Gasteiger partial charge in [-0.25, -0.2) is 9.97 Å². The van der Waals surface area contributed by atoms with Gasteiger partial charge in [-0.05, 0) is 31.0 Å². The van der Waals surface area contributed by atoms with Gasteiger partial charge < -0.3 is 5.32 Å². The standard InChI is InChI=1S/C13H11Cl2N3/c14-9-2-1-3-10(6-9)16-12-7-11(15)17-13(18-12)8-4-5-8/h1-3,6-8H,4-5H2,(H,16,17,18). The van der Waals surface area contributed by atoms with Crippen LogP contribution < -0.4 is 5.32 Å². The maximum absolute atomic E-state index is 6.00. The normalized spacial score (nSPS) is 14.6. The van der Waals surface area contributed by atoms with Gasteiger partial charge >= 0.3 is 0 Å². The molecule has 0 aliphatic heterocycles. The van der Waals surface area contributed by atoms with Gasteiger partial charge in [-0.3, -0.25) is 0 Å². The van der Waals surface area contributed by atoms with Gasteiger partial charge in [-0.1, -0.05) is 29.3 Å². The lowest BCUT2D eigenvalue weighted by atomic mass is 10.3. The molecule has 3 nitrogen and oxygen atoms in total. The molecule has 0 amide bonds. The lowest BCUT2D eigenvalue weighted by Crippen LogP contribution is -1.99. The van der Waals surface area contributed by atoms with Crippen LogP contribution in [-0.4, -0.2) is 9.97 Å². The van der Waals surface area contributed by atoms with Gasteiger partial charge in [0.1, 0.15) is 16.8 Å². The summed E-state index contributed by atoms with van der Waals surface area (Å²) in [5.74, 6) is 2.01. The van der Waals surface area contributed by atoms with Crippen LogP contribution in [0, 0.1) is 0 Å². The first-order valence-electron chi connectivity index (χ1n) is 5.78. The molecule has 1 N–H and O–H groups in total. The molecule has 0 unspecified atom stereocenters. The fraction of sp³-hybridized carbons (Fsp3) is 0.231. The third-order valence-electron chi connectivity index (χ3n) is 2.75. The topological polar surface area (TPSA) is 37.8 Å². The first kappa shape index (κ1) is 11.8. The Labute approximate surface area is 115 Å². The van der Waals surface area contributed by atoms with Gasteiger partial charge in [0.25, 0.3) is 0 Å². The van der Waals surface area contributed by atoms with Gasteiger partial charge in [-0.2, -0.15) is 0 Å². The molecule has 0 atom stereocenters. The molecule has 1 aromatic carbocycles. The van der Waals surface area contributed by atoms with Crippen LogP contribution in [0.3, 0.4) is 0 Å². The van der Waals surface area contributed by atoms with Crippen molar-refractivity contribution < 1.29 is 0 Å². The predicted molar refractivity (Wildman–Crippen MR) is 73.8 cm³/mol. The highest BCUT2D eigenvalue weighted by Gasteiger charge is 2.27. The molecular formula is C13H11Cl2N3. The Kier molecular flexibility index (Phi) is 3.10. The third kappa shape index (κ3) is 2.74. The molecule has 1 aliphatic rings. The van der Waals surface area contributed by atoms with Crippen molar-refractivity contribution >= 4 is 34.7 Å². The van der Waals surface area contributed by atoms with E-state index in [1.807, 2.05) is 24.3 Å². The molecule has 1 saturated carbocycles. The zero-order chi connectivity index (χ0) is 12.5. The van der Waals surface area contributed by atoms with Crippen LogP contribution in [0.15, 0.2) is 30.3 Å². The predicted octanol–water partition coefficient (Wildman–Crippen LogP) is 4.40. The molecule has 0 saturated heterocycles. The van der Waals surface area contributed by atoms with Crippen LogP contribution in [0.5, 0.6) is 0 Å². The minimum absolute atomic E-state index is 0.469. The van der Waals surface area contributed by atoms with E-state index >= 15 is 0 Å². The second-order valence-corrected chi connectivity index (χ2v) is 5.17. The van der Waals surface area contributed by atoms with Crippen LogP contribution >= 0.6 is 23.2 Å². The number of halogens is 2. The van der Waals surface area contributed by atoms with E-state index in [0.717, 1.165) is 24.4 Å². The Bertz CT molecular complexity index is 582. The van der Waals surface area contributed by atoms with Gasteiger partial charge in [0.05, 0.1) is 0 Å². The summed E-state index contributed by atoms with van der Waals surface area (Å²) in [6, 6.07) is 9.20. The number of hydrogen-bond donors (Lipinski definition) is 1. The average molecular weight is 280 g/mol. The van der Waals surface area contributed by atoms with Gasteiger partial charge in [0.2, 0.25) is 0 Å². The van der Waals surface area contributed by atoms with Crippen molar-refractivity contribution in [2.75, 3.05) is 5.32 Å². The molecule has 1 aliphatic carbocycles. The molecule has 0 spiro atoms. The van der Waals surface area contributed by atoms with Crippen molar-refractivity contribution in [3.8, 4) is 0 Å². The number of nitrogens with one attached hydrogen (secondary N) is 1. The monoisotopic (exact) mass is 279 g/mol. The van der Waals surface area contributed by atoms with E-state index in [0.29, 0.717) is 21.9 Å². The van der Waals surface area contributed by atoms with Crippen LogP contribution in [0.25, 0.3) is 0 Å². The Balaban J connectivity index is 1.87. The van der Waals surface area contributed by atoms with Crippen LogP contribution in [-0.2, 0) is 0 Å². The number of benzene rings is 1. The van der Waals surface area contributed by atoms with E-state index in [-0.39, 0.29) is 0 Å². The molecule has 0 radical (unpaired) electrons. The van der Waals surface area contributed by atoms with E-state index in [9.17, 15) is 0 Å². The Morgan fingerprint density at radius 1 is 1.11 bits per heavy atom. The molecule has 1 heterocycles. The first-order valence-corrected chi connectivity index (χ1v) is 6.53. The molecule has 5 heteroatoms. The van der Waals surface area contributed by atoms with Crippen molar-refractivity contribution in [3.05, 3.63) is 46.3 Å². The van der Waals surface area contributed by atoms with Gasteiger partial charge in [0.15, 0.2) is 0 Å². The van der Waals surface area contributed by atoms with E-state index in [1.165, 1.54) is 0 Å². The molecule has 0 bridgehead atoms. The molecule has 18 heavy (non-hydrogen) atoms. The van der Waals surface area contributed by atoms with Gasteiger partial charge in [-0.15, -0.1) is 0 Å². The third-order valence-corrected chi connectivity index (χ3v) is 3.18. The molecular weight excluding hydrogens is 269 g/mol. The molecule has 3 rings (SSSR count). The smallest absolute Gasteiger partial charge is 0.135 e. The summed E-state index contributed by atoms with van der Waals surface area (Å²) in [5.41, 5.74) is 0.888. The second kappa shape index (κ2) is 4.75. The number of nitrogens with zero attached hydrogens (tertiary/aromatic N) is 2. The first-order chi connectivity index (χ1) is 8.70. The maximum Gasteiger partial charge on any atom is 0.135 e. The average Bonchev–Trinajstić information content (AvgIpc) is 3.11. The number of anilines is 2. The van der Waals surface area contributed by atoms with Crippen LogP contribution in [0.4, 0.5) is 11.5 Å². The quantitative estimate of drug-likeness (QED) is 0.846. The highest BCUT2D eigenvalue weighted by molar-refractivity contribution is 6.31. The Morgan fingerprint density at radius 2 is 1.94 bits per heavy atom.